The maximum Gasteiger partial charge on any atom is 0.310 e. The topological polar surface area (TPSA) is 55.8 Å². The molecule has 0 saturated heterocycles. The molecule has 2 aromatic carbocycles. The number of para-hydroxylation sites is 1. The molecule has 0 aromatic heterocycles. The third-order valence-electron chi connectivity index (χ3n) is 3.02. The van der Waals surface area contributed by atoms with E-state index < -0.39 is 11.9 Å². The fraction of sp³-hybridized carbons (Fsp3) is 0.188. The van der Waals surface area contributed by atoms with E-state index in [1.54, 1.807) is 44.4 Å². The van der Waals surface area contributed by atoms with E-state index in [1.165, 1.54) is 0 Å². The van der Waals surface area contributed by atoms with Crippen LogP contribution >= 0.6 is 0 Å². The van der Waals surface area contributed by atoms with Crippen molar-refractivity contribution in [2.24, 2.45) is 0 Å². The Labute approximate surface area is 117 Å². The second-order valence-corrected chi connectivity index (χ2v) is 4.38. The summed E-state index contributed by atoms with van der Waals surface area (Å²) >= 11 is 0. The Kier molecular flexibility index (Phi) is 4.25. The second-order valence-electron chi connectivity index (χ2n) is 4.38. The van der Waals surface area contributed by atoms with Gasteiger partial charge in [0.25, 0.3) is 0 Å². The second kappa shape index (κ2) is 6.10. The Morgan fingerprint density at radius 3 is 2.50 bits per heavy atom. The molecular weight excluding hydrogens is 256 g/mol. The molecule has 0 radical (unpaired) electrons. The van der Waals surface area contributed by atoms with Gasteiger partial charge in [-0.3, -0.25) is 4.79 Å². The van der Waals surface area contributed by atoms with Crippen molar-refractivity contribution < 1.29 is 19.4 Å². The zero-order valence-electron chi connectivity index (χ0n) is 11.4. The average molecular weight is 272 g/mol. The minimum atomic E-state index is -0.883. The highest BCUT2D eigenvalue weighted by Gasteiger charge is 2.18. The first-order chi connectivity index (χ1) is 9.61. The molecule has 2 rings (SSSR count). The van der Waals surface area contributed by atoms with Gasteiger partial charge in [0.2, 0.25) is 0 Å². The van der Waals surface area contributed by atoms with Crippen LogP contribution in [0.15, 0.2) is 48.5 Å². The zero-order chi connectivity index (χ0) is 14.5. The van der Waals surface area contributed by atoms with E-state index in [4.69, 9.17) is 14.6 Å². The predicted octanol–water partition coefficient (Wildman–Crippen LogP) is 3.68. The molecule has 20 heavy (non-hydrogen) atoms. The number of methoxy groups -OCH3 is 1. The number of carboxylic acid groups (broad SMARTS) is 1. The molecular formula is C16H16O4. The van der Waals surface area contributed by atoms with Gasteiger partial charge >= 0.3 is 5.97 Å². The standard InChI is InChI=1S/C16H16O4/c1-11(16(17)18)14-8-3-4-9-15(14)20-13-7-5-6-12(10-13)19-2/h3-11H,1-2H3,(H,17,18). The summed E-state index contributed by atoms with van der Waals surface area (Å²) in [6.45, 7) is 1.64. The first-order valence-corrected chi connectivity index (χ1v) is 6.25. The van der Waals surface area contributed by atoms with E-state index in [1.807, 2.05) is 18.2 Å². The largest absolute Gasteiger partial charge is 0.497 e. The molecule has 2 aromatic rings. The summed E-state index contributed by atoms with van der Waals surface area (Å²) in [6, 6.07) is 14.3. The van der Waals surface area contributed by atoms with Gasteiger partial charge in [-0.1, -0.05) is 24.3 Å². The van der Waals surface area contributed by atoms with Crippen molar-refractivity contribution in [1.29, 1.82) is 0 Å². The molecule has 4 heteroatoms. The molecule has 104 valence electrons. The molecule has 0 bridgehead atoms. The fourth-order valence-corrected chi connectivity index (χ4v) is 1.86. The van der Waals surface area contributed by atoms with Crippen LogP contribution in [0.4, 0.5) is 0 Å². The average Bonchev–Trinajstić information content (AvgIpc) is 2.47. The van der Waals surface area contributed by atoms with Gasteiger partial charge in [-0.05, 0) is 25.1 Å². The van der Waals surface area contributed by atoms with Gasteiger partial charge in [0.05, 0.1) is 13.0 Å². The van der Waals surface area contributed by atoms with Crippen LogP contribution in [0, 0.1) is 0 Å². The molecule has 4 nitrogen and oxygen atoms in total. The number of benzene rings is 2. The quantitative estimate of drug-likeness (QED) is 0.902. The molecule has 1 atom stereocenters. The van der Waals surface area contributed by atoms with Crippen LogP contribution in [0.25, 0.3) is 0 Å². The van der Waals surface area contributed by atoms with E-state index in [9.17, 15) is 4.79 Å². The SMILES string of the molecule is COc1cccc(Oc2ccccc2C(C)C(=O)O)c1. The summed E-state index contributed by atoms with van der Waals surface area (Å²) in [5, 5.41) is 9.13. The van der Waals surface area contributed by atoms with Crippen molar-refractivity contribution >= 4 is 5.97 Å². The maximum absolute atomic E-state index is 11.1. The van der Waals surface area contributed by atoms with Crippen molar-refractivity contribution in [3.63, 3.8) is 0 Å². The van der Waals surface area contributed by atoms with Gasteiger partial charge in [-0.25, -0.2) is 0 Å². The van der Waals surface area contributed by atoms with Gasteiger partial charge in [-0.15, -0.1) is 0 Å². The highest BCUT2D eigenvalue weighted by Crippen LogP contribution is 2.31. The minimum absolute atomic E-state index is 0.538. The molecule has 1 unspecified atom stereocenters. The molecule has 1 N–H and O–H groups in total. The third kappa shape index (κ3) is 3.09. The van der Waals surface area contributed by atoms with Crippen LogP contribution in [0.2, 0.25) is 0 Å². The lowest BCUT2D eigenvalue weighted by Gasteiger charge is -2.14. The summed E-state index contributed by atoms with van der Waals surface area (Å²) in [7, 11) is 1.58. The van der Waals surface area contributed by atoms with E-state index in [-0.39, 0.29) is 0 Å². The van der Waals surface area contributed by atoms with Crippen LogP contribution in [-0.2, 0) is 4.79 Å². The lowest BCUT2D eigenvalue weighted by molar-refractivity contribution is -0.138. The Hall–Kier alpha value is -2.49. The van der Waals surface area contributed by atoms with Crippen LogP contribution in [0.3, 0.4) is 0 Å². The van der Waals surface area contributed by atoms with E-state index in [0.29, 0.717) is 22.8 Å². The first-order valence-electron chi connectivity index (χ1n) is 6.25. The Balaban J connectivity index is 2.31. The van der Waals surface area contributed by atoms with Crippen LogP contribution in [0.5, 0.6) is 17.2 Å². The lowest BCUT2D eigenvalue weighted by atomic mass is 10.0. The Morgan fingerprint density at radius 2 is 1.80 bits per heavy atom. The number of carboxylic acids is 1. The van der Waals surface area contributed by atoms with Gasteiger partial charge in [-0.2, -0.15) is 0 Å². The van der Waals surface area contributed by atoms with E-state index >= 15 is 0 Å². The molecule has 0 amide bonds. The summed E-state index contributed by atoms with van der Waals surface area (Å²) in [5.41, 5.74) is 0.641. The summed E-state index contributed by atoms with van der Waals surface area (Å²) in [6.07, 6.45) is 0. The molecule has 0 heterocycles. The third-order valence-corrected chi connectivity index (χ3v) is 3.02. The molecule has 0 aliphatic carbocycles. The smallest absolute Gasteiger partial charge is 0.310 e. The van der Waals surface area contributed by atoms with Crippen LogP contribution < -0.4 is 9.47 Å². The predicted molar refractivity (Wildman–Crippen MR) is 75.6 cm³/mol. The van der Waals surface area contributed by atoms with Gasteiger partial charge in [0.15, 0.2) is 0 Å². The Morgan fingerprint density at radius 1 is 1.10 bits per heavy atom. The molecule has 0 aliphatic heterocycles. The van der Waals surface area contributed by atoms with Crippen molar-refractivity contribution in [3.8, 4) is 17.2 Å². The van der Waals surface area contributed by atoms with E-state index in [2.05, 4.69) is 0 Å². The summed E-state index contributed by atoms with van der Waals surface area (Å²) < 4.78 is 10.9. The zero-order valence-corrected chi connectivity index (χ0v) is 11.4. The van der Waals surface area contributed by atoms with Gasteiger partial charge in [0, 0.05) is 11.6 Å². The van der Waals surface area contributed by atoms with Crippen LogP contribution in [0.1, 0.15) is 18.4 Å². The number of hydrogen-bond acceptors (Lipinski definition) is 3. The Bertz CT molecular complexity index is 607. The van der Waals surface area contributed by atoms with Gasteiger partial charge in [0.1, 0.15) is 17.2 Å². The number of carbonyl (C=O) groups is 1. The molecule has 0 aliphatic rings. The molecule has 0 spiro atoms. The van der Waals surface area contributed by atoms with Crippen LogP contribution in [-0.4, -0.2) is 18.2 Å². The summed E-state index contributed by atoms with van der Waals surface area (Å²) in [4.78, 5) is 11.1. The maximum atomic E-state index is 11.1. The van der Waals surface area contributed by atoms with E-state index in [0.717, 1.165) is 0 Å². The highest BCUT2D eigenvalue weighted by atomic mass is 16.5. The van der Waals surface area contributed by atoms with Crippen molar-refractivity contribution in [1.82, 2.24) is 0 Å². The normalized spacial score (nSPS) is 11.7. The van der Waals surface area contributed by atoms with Crippen molar-refractivity contribution in [2.75, 3.05) is 7.11 Å². The number of rotatable bonds is 5. The van der Waals surface area contributed by atoms with Crippen molar-refractivity contribution in [3.05, 3.63) is 54.1 Å². The number of ether oxygens (including phenoxy) is 2. The summed E-state index contributed by atoms with van der Waals surface area (Å²) in [5.74, 6) is 0.319. The lowest BCUT2D eigenvalue weighted by Crippen LogP contribution is -2.08. The fourth-order valence-electron chi connectivity index (χ4n) is 1.86. The van der Waals surface area contributed by atoms with Crippen molar-refractivity contribution in [2.45, 2.75) is 12.8 Å². The molecule has 0 saturated carbocycles. The molecule has 0 fully saturated rings. The first kappa shape index (κ1) is 13.9. The number of hydrogen-bond donors (Lipinski definition) is 1. The number of aliphatic carboxylic acids is 1. The monoisotopic (exact) mass is 272 g/mol. The minimum Gasteiger partial charge on any atom is -0.497 e. The van der Waals surface area contributed by atoms with Gasteiger partial charge < -0.3 is 14.6 Å². The highest BCUT2D eigenvalue weighted by molar-refractivity contribution is 5.76.